The predicted octanol–water partition coefficient (Wildman–Crippen LogP) is 3.10. The maximum Gasteiger partial charge on any atom is 0.250 e. The van der Waals surface area contributed by atoms with Crippen molar-refractivity contribution in [3.05, 3.63) is 60.2 Å². The Balaban J connectivity index is 1.79. The van der Waals surface area contributed by atoms with Crippen molar-refractivity contribution in [1.29, 1.82) is 0 Å². The predicted molar refractivity (Wildman–Crippen MR) is 99.5 cm³/mol. The van der Waals surface area contributed by atoms with Gasteiger partial charge < -0.3 is 10.6 Å². The Kier molecular flexibility index (Phi) is 4.59. The maximum absolute atomic E-state index is 12.9. The van der Waals surface area contributed by atoms with E-state index in [1.807, 2.05) is 61.5 Å². The summed E-state index contributed by atoms with van der Waals surface area (Å²) in [6.07, 6.45) is 0. The van der Waals surface area contributed by atoms with Gasteiger partial charge in [0.1, 0.15) is 5.54 Å². The number of carbonyl (C=O) groups excluding carboxylic acids is 2. The zero-order chi connectivity index (χ0) is 18.0. The molecule has 0 unspecified atom stereocenters. The first-order valence-electron chi connectivity index (χ1n) is 8.43. The molecule has 0 aromatic heterocycles. The summed E-state index contributed by atoms with van der Waals surface area (Å²) in [5, 5.41) is 6.13. The Bertz CT molecular complexity index is 787. The van der Waals surface area contributed by atoms with Crippen LogP contribution in [0.4, 0.5) is 11.4 Å². The number of rotatable bonds is 4. The smallest absolute Gasteiger partial charge is 0.250 e. The van der Waals surface area contributed by atoms with Crippen LogP contribution in [0.3, 0.4) is 0 Å². The molecule has 1 heterocycles. The highest BCUT2D eigenvalue weighted by Gasteiger charge is 2.43. The van der Waals surface area contributed by atoms with Crippen LogP contribution >= 0.6 is 0 Å². The van der Waals surface area contributed by atoms with Crippen molar-refractivity contribution in [3.63, 3.8) is 0 Å². The minimum absolute atomic E-state index is 0.0436. The Hall–Kier alpha value is -2.66. The van der Waals surface area contributed by atoms with Crippen molar-refractivity contribution in [1.82, 2.24) is 5.32 Å². The number of hydrogen-bond donors (Lipinski definition) is 2. The highest BCUT2D eigenvalue weighted by molar-refractivity contribution is 6.14. The first-order chi connectivity index (χ1) is 11.9. The van der Waals surface area contributed by atoms with Gasteiger partial charge in [-0.1, -0.05) is 42.5 Å². The number of nitrogens with zero attached hydrogens (tertiary/aromatic N) is 1. The highest BCUT2D eigenvalue weighted by atomic mass is 16.2. The third-order valence-electron chi connectivity index (χ3n) is 4.62. The fraction of sp³-hybridized carbons (Fsp3) is 0.300. The number of benzene rings is 2. The molecular formula is C20H23N3O2. The Labute approximate surface area is 148 Å². The highest BCUT2D eigenvalue weighted by Crippen LogP contribution is 2.36. The van der Waals surface area contributed by atoms with Crippen molar-refractivity contribution < 1.29 is 9.59 Å². The Morgan fingerprint density at radius 2 is 1.76 bits per heavy atom. The summed E-state index contributed by atoms with van der Waals surface area (Å²) < 4.78 is 0. The zero-order valence-electron chi connectivity index (χ0n) is 14.7. The summed E-state index contributed by atoms with van der Waals surface area (Å²) in [5.41, 5.74) is 1.57. The maximum atomic E-state index is 12.9. The summed E-state index contributed by atoms with van der Waals surface area (Å²) in [5.74, 6) is -0.314. The molecule has 1 aliphatic rings. The molecule has 0 saturated carbocycles. The van der Waals surface area contributed by atoms with E-state index in [-0.39, 0.29) is 24.4 Å². The quantitative estimate of drug-likeness (QED) is 0.901. The van der Waals surface area contributed by atoms with E-state index in [9.17, 15) is 9.59 Å². The number of hydrogen-bond acceptors (Lipinski definition) is 3. The van der Waals surface area contributed by atoms with E-state index in [2.05, 4.69) is 10.6 Å². The molecule has 2 aromatic rings. The summed E-state index contributed by atoms with van der Waals surface area (Å²) in [4.78, 5) is 27.0. The molecule has 130 valence electrons. The molecule has 0 fully saturated rings. The number of para-hydroxylation sites is 2. The van der Waals surface area contributed by atoms with E-state index in [0.29, 0.717) is 5.69 Å². The molecule has 0 bridgehead atoms. The van der Waals surface area contributed by atoms with Crippen LogP contribution < -0.4 is 15.5 Å². The largest absolute Gasteiger partial charge is 0.322 e. The third-order valence-corrected chi connectivity index (χ3v) is 4.62. The molecule has 1 atom stereocenters. The molecule has 1 aliphatic heterocycles. The van der Waals surface area contributed by atoms with Gasteiger partial charge in [0.2, 0.25) is 11.8 Å². The Morgan fingerprint density at radius 3 is 2.48 bits per heavy atom. The average Bonchev–Trinajstić information content (AvgIpc) is 2.61. The van der Waals surface area contributed by atoms with Crippen molar-refractivity contribution in [3.8, 4) is 0 Å². The number of amides is 2. The van der Waals surface area contributed by atoms with E-state index in [0.717, 1.165) is 11.3 Å². The first-order valence-corrected chi connectivity index (χ1v) is 8.43. The molecule has 25 heavy (non-hydrogen) atoms. The average molecular weight is 337 g/mol. The third kappa shape index (κ3) is 3.28. The molecule has 0 aliphatic carbocycles. The van der Waals surface area contributed by atoms with Gasteiger partial charge in [-0.25, -0.2) is 0 Å². The lowest BCUT2D eigenvalue weighted by Crippen LogP contribution is -2.60. The van der Waals surface area contributed by atoms with Crippen LogP contribution in [0.2, 0.25) is 0 Å². The van der Waals surface area contributed by atoms with Gasteiger partial charge in [-0.05, 0) is 38.5 Å². The fourth-order valence-corrected chi connectivity index (χ4v) is 3.08. The summed E-state index contributed by atoms with van der Waals surface area (Å²) >= 11 is 0. The van der Waals surface area contributed by atoms with Crippen molar-refractivity contribution in [2.75, 3.05) is 16.8 Å². The van der Waals surface area contributed by atoms with Crippen LogP contribution in [0.25, 0.3) is 0 Å². The van der Waals surface area contributed by atoms with E-state index in [1.165, 1.54) is 0 Å². The Morgan fingerprint density at radius 1 is 1.12 bits per heavy atom. The van der Waals surface area contributed by atoms with Gasteiger partial charge in [0.25, 0.3) is 0 Å². The minimum Gasteiger partial charge on any atom is -0.322 e. The lowest BCUT2D eigenvalue weighted by Gasteiger charge is -2.42. The molecule has 5 heteroatoms. The summed E-state index contributed by atoms with van der Waals surface area (Å²) in [6, 6.07) is 17.4. The van der Waals surface area contributed by atoms with Gasteiger partial charge in [0, 0.05) is 6.04 Å². The van der Waals surface area contributed by atoms with Crippen LogP contribution in [-0.2, 0) is 9.59 Å². The molecule has 5 nitrogen and oxygen atoms in total. The molecule has 3 rings (SSSR count). The second-order valence-electron chi connectivity index (χ2n) is 6.77. The van der Waals surface area contributed by atoms with Crippen LogP contribution in [0.1, 0.15) is 32.4 Å². The number of nitrogens with one attached hydrogen (secondary N) is 2. The molecule has 2 amide bonds. The van der Waals surface area contributed by atoms with Crippen molar-refractivity contribution >= 4 is 23.2 Å². The van der Waals surface area contributed by atoms with E-state index in [1.54, 1.807) is 18.7 Å². The molecule has 0 saturated heterocycles. The zero-order valence-corrected chi connectivity index (χ0v) is 14.7. The second kappa shape index (κ2) is 6.69. The second-order valence-corrected chi connectivity index (χ2v) is 6.77. The lowest BCUT2D eigenvalue weighted by molar-refractivity contribution is -0.126. The monoisotopic (exact) mass is 337 g/mol. The minimum atomic E-state index is -0.941. The normalized spacial score (nSPS) is 16.8. The number of carbonyl (C=O) groups is 2. The van der Waals surface area contributed by atoms with Gasteiger partial charge in [0.05, 0.1) is 17.9 Å². The summed E-state index contributed by atoms with van der Waals surface area (Å²) in [7, 11) is 0. The van der Waals surface area contributed by atoms with Crippen LogP contribution in [0, 0.1) is 0 Å². The molecule has 2 N–H and O–H groups in total. The fourth-order valence-electron chi connectivity index (χ4n) is 3.08. The van der Waals surface area contributed by atoms with Crippen LogP contribution in [0.15, 0.2) is 54.6 Å². The van der Waals surface area contributed by atoms with Crippen molar-refractivity contribution in [2.24, 2.45) is 0 Å². The van der Waals surface area contributed by atoms with Gasteiger partial charge >= 0.3 is 0 Å². The number of fused-ring (bicyclic) bond motifs is 1. The van der Waals surface area contributed by atoms with E-state index >= 15 is 0 Å². The summed E-state index contributed by atoms with van der Waals surface area (Å²) in [6.45, 7) is 5.69. The van der Waals surface area contributed by atoms with E-state index in [4.69, 9.17) is 0 Å². The molecule has 0 spiro atoms. The molecule has 0 radical (unpaired) electrons. The van der Waals surface area contributed by atoms with Crippen LogP contribution in [0.5, 0.6) is 0 Å². The van der Waals surface area contributed by atoms with Crippen LogP contribution in [-0.4, -0.2) is 23.9 Å². The van der Waals surface area contributed by atoms with E-state index < -0.39 is 5.54 Å². The lowest BCUT2D eigenvalue weighted by atomic mass is 9.96. The van der Waals surface area contributed by atoms with Gasteiger partial charge in [0.15, 0.2) is 0 Å². The topological polar surface area (TPSA) is 61.4 Å². The van der Waals surface area contributed by atoms with Gasteiger partial charge in [-0.3, -0.25) is 14.5 Å². The SMILES string of the molecule is C[C@@H](NCC(=O)N1c2ccccc2NC(=O)C1(C)C)c1ccccc1. The molecule has 2 aromatic carbocycles. The van der Waals surface area contributed by atoms with Gasteiger partial charge in [-0.2, -0.15) is 0 Å². The van der Waals surface area contributed by atoms with Crippen molar-refractivity contribution in [2.45, 2.75) is 32.4 Å². The number of anilines is 2. The van der Waals surface area contributed by atoms with Gasteiger partial charge in [-0.15, -0.1) is 0 Å². The standard InChI is InChI=1S/C20H23N3O2/c1-14(15-9-5-4-6-10-15)21-13-18(24)23-17-12-8-7-11-16(17)22-19(25)20(23,2)3/h4-12,14,21H,13H2,1-3H3,(H,22,25)/t14-/m1/s1. The first kappa shape index (κ1) is 17.2. The molecular weight excluding hydrogens is 314 g/mol.